The molecule has 96 valence electrons. The van der Waals surface area contributed by atoms with Crippen molar-refractivity contribution in [3.8, 4) is 0 Å². The van der Waals surface area contributed by atoms with Crippen molar-refractivity contribution in [3.05, 3.63) is 40.4 Å². The maximum absolute atomic E-state index is 11.5. The van der Waals surface area contributed by atoms with Crippen LogP contribution in [0.2, 0.25) is 0 Å². The molecule has 0 fully saturated rings. The van der Waals surface area contributed by atoms with Gasteiger partial charge in [-0.05, 0) is 54.1 Å². The van der Waals surface area contributed by atoms with E-state index in [1.54, 1.807) is 38.1 Å². The Balaban J connectivity index is 2.86. The fraction of sp³-hybridized carbons (Fsp3) is 0.231. The van der Waals surface area contributed by atoms with Gasteiger partial charge in [-0.2, -0.15) is 0 Å². The summed E-state index contributed by atoms with van der Waals surface area (Å²) >= 11 is 3.30. The van der Waals surface area contributed by atoms with Crippen molar-refractivity contribution >= 4 is 33.5 Å². The number of carbonyl (C=O) groups excluding carboxylic acids is 2. The molecule has 0 aliphatic rings. The molecular weight excluding hydrogens is 298 g/mol. The minimum absolute atomic E-state index is 0.220. The lowest BCUT2D eigenvalue weighted by Crippen LogP contribution is -2.09. The number of nitrogens with one attached hydrogen (secondary N) is 1. The van der Waals surface area contributed by atoms with E-state index in [9.17, 15) is 9.59 Å². The summed E-state index contributed by atoms with van der Waals surface area (Å²) in [6.07, 6.45) is 3.07. The highest BCUT2D eigenvalue weighted by Gasteiger charge is 2.09. The molecule has 4 nitrogen and oxygen atoms in total. The van der Waals surface area contributed by atoms with E-state index in [0.29, 0.717) is 22.3 Å². The van der Waals surface area contributed by atoms with Gasteiger partial charge in [0, 0.05) is 4.47 Å². The van der Waals surface area contributed by atoms with Crippen LogP contribution < -0.4 is 5.32 Å². The van der Waals surface area contributed by atoms with Crippen molar-refractivity contribution in [1.29, 1.82) is 0 Å². The van der Waals surface area contributed by atoms with Gasteiger partial charge in [0.15, 0.2) is 0 Å². The Morgan fingerprint density at radius 2 is 2.17 bits per heavy atom. The molecule has 0 saturated heterocycles. The predicted octanol–water partition coefficient (Wildman–Crippen LogP) is 3.14. The highest BCUT2D eigenvalue weighted by atomic mass is 79.9. The fourth-order valence-electron chi connectivity index (χ4n) is 1.28. The lowest BCUT2D eigenvalue weighted by Gasteiger charge is -2.07. The van der Waals surface area contributed by atoms with Gasteiger partial charge in [-0.3, -0.25) is 4.79 Å². The summed E-state index contributed by atoms with van der Waals surface area (Å²) in [6.45, 7) is 3.84. The van der Waals surface area contributed by atoms with Crippen molar-refractivity contribution in [2.24, 2.45) is 0 Å². The molecule has 0 aliphatic carbocycles. The van der Waals surface area contributed by atoms with Gasteiger partial charge in [0.2, 0.25) is 5.91 Å². The first kappa shape index (κ1) is 14.4. The van der Waals surface area contributed by atoms with E-state index in [-0.39, 0.29) is 11.9 Å². The van der Waals surface area contributed by atoms with E-state index in [1.165, 1.54) is 6.08 Å². The van der Waals surface area contributed by atoms with Gasteiger partial charge in [-0.25, -0.2) is 4.79 Å². The maximum Gasteiger partial charge on any atom is 0.338 e. The van der Waals surface area contributed by atoms with E-state index < -0.39 is 0 Å². The normalized spacial score (nSPS) is 10.4. The monoisotopic (exact) mass is 311 g/mol. The number of rotatable bonds is 4. The molecule has 0 aromatic heterocycles. The van der Waals surface area contributed by atoms with Crippen molar-refractivity contribution in [2.75, 3.05) is 11.9 Å². The number of hydrogen-bond donors (Lipinski definition) is 1. The summed E-state index contributed by atoms with van der Waals surface area (Å²) in [5.74, 6) is -0.605. The van der Waals surface area contributed by atoms with Crippen LogP contribution in [0.1, 0.15) is 24.2 Å². The number of hydrogen-bond acceptors (Lipinski definition) is 3. The van der Waals surface area contributed by atoms with Gasteiger partial charge in [-0.15, -0.1) is 0 Å². The molecule has 18 heavy (non-hydrogen) atoms. The summed E-state index contributed by atoms with van der Waals surface area (Å²) in [4.78, 5) is 22.9. The van der Waals surface area contributed by atoms with Gasteiger partial charge in [0.1, 0.15) is 0 Å². The average molecular weight is 312 g/mol. The van der Waals surface area contributed by atoms with Gasteiger partial charge in [0.05, 0.1) is 17.9 Å². The minimum Gasteiger partial charge on any atom is -0.462 e. The van der Waals surface area contributed by atoms with Crippen molar-refractivity contribution in [3.63, 3.8) is 0 Å². The Labute approximate surface area is 114 Å². The Morgan fingerprint density at radius 3 is 2.72 bits per heavy atom. The van der Waals surface area contributed by atoms with E-state index in [2.05, 4.69) is 21.2 Å². The van der Waals surface area contributed by atoms with E-state index in [1.807, 2.05) is 0 Å². The average Bonchev–Trinajstić information content (AvgIpc) is 2.32. The second-order valence-corrected chi connectivity index (χ2v) is 4.26. The second kappa shape index (κ2) is 6.96. The van der Waals surface area contributed by atoms with Gasteiger partial charge < -0.3 is 10.1 Å². The molecule has 0 bridgehead atoms. The molecule has 5 heteroatoms. The third-order valence-electron chi connectivity index (χ3n) is 2.06. The Hall–Kier alpha value is -1.62. The van der Waals surface area contributed by atoms with E-state index >= 15 is 0 Å². The molecule has 0 unspecified atom stereocenters. The number of amides is 1. The topological polar surface area (TPSA) is 55.4 Å². The standard InChI is InChI=1S/C13H14BrNO3/c1-3-5-12(16)15-11-7-6-9(8-10(11)14)13(17)18-4-2/h3,5-8H,4H2,1-2H3,(H,15,16)/b5-3+. The summed E-state index contributed by atoms with van der Waals surface area (Å²) < 4.78 is 5.51. The molecule has 0 aliphatic heterocycles. The molecule has 0 spiro atoms. The van der Waals surface area contributed by atoms with Gasteiger partial charge >= 0.3 is 5.97 Å². The number of carbonyl (C=O) groups is 2. The first-order valence-electron chi connectivity index (χ1n) is 5.48. The second-order valence-electron chi connectivity index (χ2n) is 3.40. The SMILES string of the molecule is C/C=C/C(=O)Nc1ccc(C(=O)OCC)cc1Br. The number of esters is 1. The third kappa shape index (κ3) is 4.00. The number of ether oxygens (including phenoxy) is 1. The quantitative estimate of drug-likeness (QED) is 0.686. The lowest BCUT2D eigenvalue weighted by atomic mass is 10.2. The first-order chi connectivity index (χ1) is 8.58. The first-order valence-corrected chi connectivity index (χ1v) is 6.28. The molecular formula is C13H14BrNO3. The van der Waals surface area contributed by atoms with Gasteiger partial charge in [0.25, 0.3) is 0 Å². The fourth-order valence-corrected chi connectivity index (χ4v) is 1.76. The lowest BCUT2D eigenvalue weighted by molar-refractivity contribution is -0.111. The zero-order chi connectivity index (χ0) is 13.5. The molecule has 1 aromatic carbocycles. The van der Waals surface area contributed by atoms with Crippen molar-refractivity contribution in [1.82, 2.24) is 0 Å². The highest BCUT2D eigenvalue weighted by molar-refractivity contribution is 9.10. The summed E-state index contributed by atoms with van der Waals surface area (Å²) in [7, 11) is 0. The van der Waals surface area contributed by atoms with Crippen molar-refractivity contribution < 1.29 is 14.3 Å². The van der Waals surface area contributed by atoms with E-state index in [4.69, 9.17) is 4.74 Å². The molecule has 1 amide bonds. The molecule has 1 N–H and O–H groups in total. The minimum atomic E-state index is -0.385. The summed E-state index contributed by atoms with van der Waals surface area (Å²) in [6, 6.07) is 4.87. The van der Waals surface area contributed by atoms with Crippen LogP contribution in [0, 0.1) is 0 Å². The van der Waals surface area contributed by atoms with Crippen LogP contribution in [-0.4, -0.2) is 18.5 Å². The van der Waals surface area contributed by atoms with Crippen LogP contribution >= 0.6 is 15.9 Å². The van der Waals surface area contributed by atoms with Crippen LogP contribution in [0.15, 0.2) is 34.8 Å². The maximum atomic E-state index is 11.5. The third-order valence-corrected chi connectivity index (χ3v) is 2.71. The highest BCUT2D eigenvalue weighted by Crippen LogP contribution is 2.24. The molecule has 1 rings (SSSR count). The van der Waals surface area contributed by atoms with Crippen LogP contribution in [0.3, 0.4) is 0 Å². The smallest absolute Gasteiger partial charge is 0.338 e. The number of allylic oxidation sites excluding steroid dienone is 1. The van der Waals surface area contributed by atoms with Crippen LogP contribution in [0.4, 0.5) is 5.69 Å². The zero-order valence-corrected chi connectivity index (χ0v) is 11.8. The molecule has 0 atom stereocenters. The Kier molecular flexibility index (Phi) is 5.58. The molecule has 1 aromatic rings. The zero-order valence-electron chi connectivity index (χ0n) is 10.2. The Morgan fingerprint density at radius 1 is 1.44 bits per heavy atom. The molecule has 0 heterocycles. The number of halogens is 1. The van der Waals surface area contributed by atoms with Gasteiger partial charge in [-0.1, -0.05) is 6.08 Å². The van der Waals surface area contributed by atoms with Crippen molar-refractivity contribution in [2.45, 2.75) is 13.8 Å². The number of anilines is 1. The molecule has 0 radical (unpaired) electrons. The summed E-state index contributed by atoms with van der Waals surface area (Å²) in [5.41, 5.74) is 1.04. The van der Waals surface area contributed by atoms with Crippen LogP contribution in [0.25, 0.3) is 0 Å². The number of benzene rings is 1. The summed E-state index contributed by atoms with van der Waals surface area (Å²) in [5, 5.41) is 2.68. The van der Waals surface area contributed by atoms with Crippen LogP contribution in [0.5, 0.6) is 0 Å². The van der Waals surface area contributed by atoms with E-state index in [0.717, 1.165) is 0 Å². The predicted molar refractivity (Wildman–Crippen MR) is 73.5 cm³/mol. The molecule has 0 saturated carbocycles. The Bertz CT molecular complexity index is 483. The largest absolute Gasteiger partial charge is 0.462 e. The van der Waals surface area contributed by atoms with Crippen LogP contribution in [-0.2, 0) is 9.53 Å².